The Morgan fingerprint density at radius 2 is 2.16 bits per heavy atom. The molecule has 0 unspecified atom stereocenters. The molecule has 100 valence electrons. The van der Waals surface area contributed by atoms with E-state index < -0.39 is 0 Å². The molecule has 6 nitrogen and oxygen atoms in total. The van der Waals surface area contributed by atoms with Gasteiger partial charge in [0.2, 0.25) is 5.91 Å². The van der Waals surface area contributed by atoms with Gasteiger partial charge in [-0.1, -0.05) is 0 Å². The van der Waals surface area contributed by atoms with Gasteiger partial charge >= 0.3 is 0 Å². The van der Waals surface area contributed by atoms with Crippen molar-refractivity contribution in [1.29, 1.82) is 0 Å². The van der Waals surface area contributed by atoms with Crippen LogP contribution in [-0.4, -0.2) is 51.5 Å². The van der Waals surface area contributed by atoms with Gasteiger partial charge in [-0.3, -0.25) is 4.79 Å². The molecule has 0 radical (unpaired) electrons. The molecule has 0 atom stereocenters. The number of imidazole rings is 1. The van der Waals surface area contributed by atoms with Gasteiger partial charge in [-0.05, 0) is 18.6 Å². The van der Waals surface area contributed by atoms with Crippen LogP contribution in [0, 0.1) is 6.92 Å². The van der Waals surface area contributed by atoms with E-state index in [4.69, 9.17) is 0 Å². The van der Waals surface area contributed by atoms with E-state index in [-0.39, 0.29) is 5.91 Å². The topological polar surface area (TPSA) is 63.1 Å². The molecule has 0 spiro atoms. The third kappa shape index (κ3) is 2.44. The fourth-order valence-corrected chi connectivity index (χ4v) is 2.33. The van der Waals surface area contributed by atoms with Crippen molar-refractivity contribution in [2.75, 3.05) is 26.2 Å². The van der Waals surface area contributed by atoms with Crippen LogP contribution in [0.15, 0.2) is 18.6 Å². The zero-order valence-electron chi connectivity index (χ0n) is 11.0. The lowest BCUT2D eigenvalue weighted by atomic mass is 10.3. The van der Waals surface area contributed by atoms with Crippen LogP contribution < -0.4 is 5.32 Å². The van der Waals surface area contributed by atoms with Crippen LogP contribution in [0.5, 0.6) is 0 Å². The normalized spacial score (nSPS) is 15.9. The fourth-order valence-electron chi connectivity index (χ4n) is 2.33. The molecule has 6 heteroatoms. The smallest absolute Gasteiger partial charge is 0.242 e. The molecule has 1 amide bonds. The Labute approximate surface area is 111 Å². The summed E-state index contributed by atoms with van der Waals surface area (Å²) < 4.78 is 1.82. The number of carbonyl (C=O) groups excluding carboxylic acids is 1. The summed E-state index contributed by atoms with van der Waals surface area (Å²) in [5, 5.41) is 3.24. The highest BCUT2D eigenvalue weighted by Crippen LogP contribution is 2.11. The predicted molar refractivity (Wildman–Crippen MR) is 71.7 cm³/mol. The van der Waals surface area contributed by atoms with Gasteiger partial charge in [0.25, 0.3) is 0 Å². The maximum absolute atomic E-state index is 12.2. The van der Waals surface area contributed by atoms with Crippen molar-refractivity contribution in [3.63, 3.8) is 0 Å². The standard InChI is InChI=1S/C13H17N5O/c1-10-6-11-13(15-7-10)18(9-16-11)8-12(19)17-4-2-14-3-5-17/h6-7,9,14H,2-5,8H2,1H3. The summed E-state index contributed by atoms with van der Waals surface area (Å²) in [6.07, 6.45) is 3.49. The third-order valence-corrected chi connectivity index (χ3v) is 3.37. The number of nitrogens with zero attached hydrogens (tertiary/aromatic N) is 4. The highest BCUT2D eigenvalue weighted by molar-refractivity contribution is 5.79. The first kappa shape index (κ1) is 12.1. The zero-order valence-corrected chi connectivity index (χ0v) is 11.0. The molecule has 0 bridgehead atoms. The Balaban J connectivity index is 1.79. The number of aryl methyl sites for hydroxylation is 1. The van der Waals surface area contributed by atoms with Gasteiger partial charge in [-0.15, -0.1) is 0 Å². The summed E-state index contributed by atoms with van der Waals surface area (Å²) in [5.41, 5.74) is 2.69. The second-order valence-electron chi connectivity index (χ2n) is 4.86. The van der Waals surface area contributed by atoms with Crippen molar-refractivity contribution in [2.24, 2.45) is 0 Å². The van der Waals surface area contributed by atoms with Gasteiger partial charge < -0.3 is 14.8 Å². The Morgan fingerprint density at radius 3 is 2.95 bits per heavy atom. The van der Waals surface area contributed by atoms with E-state index in [9.17, 15) is 4.79 Å². The first-order valence-corrected chi connectivity index (χ1v) is 6.50. The van der Waals surface area contributed by atoms with Crippen molar-refractivity contribution < 1.29 is 4.79 Å². The van der Waals surface area contributed by atoms with Crippen LogP contribution in [-0.2, 0) is 11.3 Å². The molecule has 0 aliphatic carbocycles. The number of amides is 1. The van der Waals surface area contributed by atoms with E-state index in [2.05, 4.69) is 15.3 Å². The zero-order chi connectivity index (χ0) is 13.2. The lowest BCUT2D eigenvalue weighted by molar-refractivity contribution is -0.132. The van der Waals surface area contributed by atoms with Gasteiger partial charge in [0.05, 0.1) is 6.33 Å². The molecule has 0 saturated carbocycles. The van der Waals surface area contributed by atoms with Gasteiger partial charge in [-0.25, -0.2) is 9.97 Å². The lowest BCUT2D eigenvalue weighted by Gasteiger charge is -2.27. The molecular weight excluding hydrogens is 242 g/mol. The lowest BCUT2D eigenvalue weighted by Crippen LogP contribution is -2.47. The van der Waals surface area contributed by atoms with E-state index in [1.807, 2.05) is 22.5 Å². The Hall–Kier alpha value is -1.95. The van der Waals surface area contributed by atoms with Crippen LogP contribution in [0.1, 0.15) is 5.56 Å². The van der Waals surface area contributed by atoms with Gasteiger partial charge in [0.15, 0.2) is 5.65 Å². The minimum absolute atomic E-state index is 0.128. The summed E-state index contributed by atoms with van der Waals surface area (Å²) >= 11 is 0. The van der Waals surface area contributed by atoms with E-state index in [0.717, 1.165) is 42.9 Å². The minimum atomic E-state index is 0.128. The molecule has 3 heterocycles. The van der Waals surface area contributed by atoms with Crippen LogP contribution in [0.25, 0.3) is 11.2 Å². The number of pyridine rings is 1. The van der Waals surface area contributed by atoms with Crippen molar-refractivity contribution in [2.45, 2.75) is 13.5 Å². The second-order valence-corrected chi connectivity index (χ2v) is 4.86. The second kappa shape index (κ2) is 4.97. The molecule has 1 fully saturated rings. The monoisotopic (exact) mass is 259 g/mol. The molecular formula is C13H17N5O. The quantitative estimate of drug-likeness (QED) is 0.835. The Kier molecular flexibility index (Phi) is 3.16. The van der Waals surface area contributed by atoms with Crippen LogP contribution in [0.4, 0.5) is 0 Å². The third-order valence-electron chi connectivity index (χ3n) is 3.37. The maximum atomic E-state index is 12.2. The van der Waals surface area contributed by atoms with E-state index in [1.54, 1.807) is 12.5 Å². The van der Waals surface area contributed by atoms with Crippen molar-refractivity contribution >= 4 is 17.1 Å². The highest BCUT2D eigenvalue weighted by Gasteiger charge is 2.17. The average molecular weight is 259 g/mol. The summed E-state index contributed by atoms with van der Waals surface area (Å²) in [6, 6.07) is 1.98. The van der Waals surface area contributed by atoms with Crippen molar-refractivity contribution in [3.05, 3.63) is 24.2 Å². The van der Waals surface area contributed by atoms with Gasteiger partial charge in [-0.2, -0.15) is 0 Å². The first-order valence-electron chi connectivity index (χ1n) is 6.50. The summed E-state index contributed by atoms with van der Waals surface area (Å²) in [7, 11) is 0. The highest BCUT2D eigenvalue weighted by atomic mass is 16.2. The number of nitrogens with one attached hydrogen (secondary N) is 1. The number of hydrogen-bond acceptors (Lipinski definition) is 4. The van der Waals surface area contributed by atoms with E-state index in [0.29, 0.717) is 6.54 Å². The molecule has 0 aromatic carbocycles. The van der Waals surface area contributed by atoms with E-state index >= 15 is 0 Å². The number of carbonyl (C=O) groups is 1. The average Bonchev–Trinajstić information content (AvgIpc) is 2.82. The fraction of sp³-hybridized carbons (Fsp3) is 0.462. The number of fused-ring (bicyclic) bond motifs is 1. The minimum Gasteiger partial charge on any atom is -0.339 e. The Bertz CT molecular complexity index is 600. The number of aromatic nitrogens is 3. The summed E-state index contributed by atoms with van der Waals surface area (Å²) in [6.45, 7) is 5.58. The number of hydrogen-bond donors (Lipinski definition) is 1. The van der Waals surface area contributed by atoms with E-state index in [1.165, 1.54) is 0 Å². The first-order chi connectivity index (χ1) is 9.24. The molecule has 3 rings (SSSR count). The van der Waals surface area contributed by atoms with Crippen molar-refractivity contribution in [3.8, 4) is 0 Å². The Morgan fingerprint density at radius 1 is 1.37 bits per heavy atom. The SMILES string of the molecule is Cc1cnc2c(c1)ncn2CC(=O)N1CCNCC1. The van der Waals surface area contributed by atoms with Crippen LogP contribution >= 0.6 is 0 Å². The number of piperazine rings is 1. The maximum Gasteiger partial charge on any atom is 0.242 e. The predicted octanol–water partition coefficient (Wildman–Crippen LogP) is 0.172. The van der Waals surface area contributed by atoms with Gasteiger partial charge in [0, 0.05) is 32.4 Å². The molecule has 1 aliphatic heterocycles. The summed E-state index contributed by atoms with van der Waals surface area (Å²) in [4.78, 5) is 22.7. The largest absolute Gasteiger partial charge is 0.339 e. The number of rotatable bonds is 2. The van der Waals surface area contributed by atoms with Crippen LogP contribution in [0.3, 0.4) is 0 Å². The molecule has 2 aromatic heterocycles. The molecule has 19 heavy (non-hydrogen) atoms. The van der Waals surface area contributed by atoms with Crippen LogP contribution in [0.2, 0.25) is 0 Å². The molecule has 1 saturated heterocycles. The van der Waals surface area contributed by atoms with Crippen molar-refractivity contribution in [1.82, 2.24) is 24.8 Å². The molecule has 1 N–H and O–H groups in total. The molecule has 1 aliphatic rings. The molecule has 2 aromatic rings. The van der Waals surface area contributed by atoms with Gasteiger partial charge in [0.1, 0.15) is 12.1 Å². The summed E-state index contributed by atoms with van der Waals surface area (Å²) in [5.74, 6) is 0.128.